The van der Waals surface area contributed by atoms with E-state index in [2.05, 4.69) is 5.32 Å². The lowest BCUT2D eigenvalue weighted by atomic mass is 10.1. The first-order chi connectivity index (χ1) is 11.2. The molecule has 2 fully saturated rings. The Morgan fingerprint density at radius 1 is 1.04 bits per heavy atom. The van der Waals surface area contributed by atoms with Crippen LogP contribution in [0.15, 0.2) is 18.2 Å². The molecule has 2 N–H and O–H groups in total. The molecule has 1 aliphatic carbocycles. The van der Waals surface area contributed by atoms with Crippen molar-refractivity contribution in [3.63, 3.8) is 0 Å². The van der Waals surface area contributed by atoms with E-state index in [0.717, 1.165) is 38.0 Å². The number of nitrogens with zero attached hydrogens (tertiary/aromatic N) is 1. The molecule has 1 heterocycles. The van der Waals surface area contributed by atoms with Gasteiger partial charge in [0, 0.05) is 25.7 Å². The van der Waals surface area contributed by atoms with Crippen LogP contribution in [0, 0.1) is 5.82 Å². The van der Waals surface area contributed by atoms with Gasteiger partial charge in [0.1, 0.15) is 5.82 Å². The van der Waals surface area contributed by atoms with Crippen molar-refractivity contribution in [3.05, 3.63) is 29.6 Å². The smallest absolute Gasteiger partial charge is 0.146 e. The minimum Gasteiger partial charge on any atom is -0.393 e. The Balaban J connectivity index is 1.56. The molecule has 0 spiro atoms. The van der Waals surface area contributed by atoms with Gasteiger partial charge in [0.15, 0.2) is 0 Å². The monoisotopic (exact) mass is 320 g/mol. The zero-order valence-corrected chi connectivity index (χ0v) is 13.9. The van der Waals surface area contributed by atoms with Gasteiger partial charge in [-0.05, 0) is 43.4 Å². The maximum atomic E-state index is 14.4. The number of benzene rings is 1. The van der Waals surface area contributed by atoms with Crippen molar-refractivity contribution in [3.8, 4) is 0 Å². The van der Waals surface area contributed by atoms with Crippen LogP contribution in [0.2, 0.25) is 0 Å². The molecule has 0 amide bonds. The number of piperidine rings is 1. The minimum atomic E-state index is -0.225. The van der Waals surface area contributed by atoms with Crippen LogP contribution in [-0.2, 0) is 6.54 Å². The Morgan fingerprint density at radius 3 is 2.39 bits per heavy atom. The molecule has 3 nitrogen and oxygen atoms in total. The van der Waals surface area contributed by atoms with Crippen molar-refractivity contribution in [2.45, 2.75) is 70.1 Å². The Hall–Kier alpha value is -1.13. The highest BCUT2D eigenvalue weighted by Crippen LogP contribution is 2.24. The van der Waals surface area contributed by atoms with Gasteiger partial charge < -0.3 is 15.3 Å². The molecule has 4 heteroatoms. The molecule has 1 aromatic rings. The number of hydrogen-bond donors (Lipinski definition) is 2. The molecular formula is C19H29FN2O. The third-order valence-corrected chi connectivity index (χ3v) is 5.27. The maximum absolute atomic E-state index is 14.4. The van der Waals surface area contributed by atoms with Gasteiger partial charge in [-0.1, -0.05) is 31.7 Å². The van der Waals surface area contributed by atoms with Gasteiger partial charge in [0.25, 0.3) is 0 Å². The highest BCUT2D eigenvalue weighted by atomic mass is 19.1. The SMILES string of the molecule is OC1CCN(c2ccc(CNC3CCCCCC3)cc2F)CC1. The third kappa shape index (κ3) is 4.67. The van der Waals surface area contributed by atoms with Crippen molar-refractivity contribution >= 4 is 5.69 Å². The second kappa shape index (κ2) is 8.11. The number of rotatable bonds is 4. The molecule has 0 aromatic heterocycles. The molecule has 0 atom stereocenters. The largest absolute Gasteiger partial charge is 0.393 e. The van der Waals surface area contributed by atoms with Crippen LogP contribution in [0.1, 0.15) is 56.9 Å². The summed E-state index contributed by atoms with van der Waals surface area (Å²) in [6, 6.07) is 6.19. The summed E-state index contributed by atoms with van der Waals surface area (Å²) in [5, 5.41) is 13.2. The summed E-state index contributed by atoms with van der Waals surface area (Å²) < 4.78 is 14.4. The minimum absolute atomic E-state index is 0.137. The molecule has 1 saturated heterocycles. The van der Waals surface area contributed by atoms with Crippen molar-refractivity contribution in [1.29, 1.82) is 0 Å². The lowest BCUT2D eigenvalue weighted by molar-refractivity contribution is 0.145. The summed E-state index contributed by atoms with van der Waals surface area (Å²) in [6.07, 6.45) is 9.05. The molecule has 128 valence electrons. The summed E-state index contributed by atoms with van der Waals surface area (Å²) in [5.41, 5.74) is 1.70. The Bertz CT molecular complexity index is 492. The van der Waals surface area contributed by atoms with Gasteiger partial charge in [0.05, 0.1) is 11.8 Å². The lowest BCUT2D eigenvalue weighted by Gasteiger charge is -2.31. The molecule has 1 aliphatic heterocycles. The topological polar surface area (TPSA) is 35.5 Å². The van der Waals surface area contributed by atoms with Crippen LogP contribution in [0.3, 0.4) is 0 Å². The molecule has 0 bridgehead atoms. The summed E-state index contributed by atoms with van der Waals surface area (Å²) in [6.45, 7) is 2.22. The highest BCUT2D eigenvalue weighted by Gasteiger charge is 2.20. The first kappa shape index (κ1) is 16.7. The number of nitrogens with one attached hydrogen (secondary N) is 1. The first-order valence-electron chi connectivity index (χ1n) is 9.17. The number of aliphatic hydroxyl groups is 1. The molecule has 3 rings (SSSR count). The Kier molecular flexibility index (Phi) is 5.90. The van der Waals surface area contributed by atoms with Crippen molar-refractivity contribution in [2.75, 3.05) is 18.0 Å². The molecule has 23 heavy (non-hydrogen) atoms. The molecule has 0 unspecified atom stereocenters. The lowest BCUT2D eigenvalue weighted by Crippen LogP contribution is -2.36. The number of aliphatic hydroxyl groups excluding tert-OH is 1. The average molecular weight is 320 g/mol. The van der Waals surface area contributed by atoms with E-state index < -0.39 is 0 Å². The first-order valence-corrected chi connectivity index (χ1v) is 9.17. The quantitative estimate of drug-likeness (QED) is 0.832. The van der Waals surface area contributed by atoms with Crippen molar-refractivity contribution in [2.24, 2.45) is 0 Å². The van der Waals surface area contributed by atoms with E-state index in [1.54, 1.807) is 6.07 Å². The number of anilines is 1. The van der Waals surface area contributed by atoms with E-state index in [4.69, 9.17) is 0 Å². The summed E-state index contributed by atoms with van der Waals surface area (Å²) >= 11 is 0. The van der Waals surface area contributed by atoms with Gasteiger partial charge >= 0.3 is 0 Å². The van der Waals surface area contributed by atoms with Crippen molar-refractivity contribution in [1.82, 2.24) is 5.32 Å². The predicted molar refractivity (Wildman–Crippen MR) is 92.2 cm³/mol. The van der Waals surface area contributed by atoms with Crippen LogP contribution in [0.25, 0.3) is 0 Å². The average Bonchev–Trinajstić information content (AvgIpc) is 2.83. The normalized spacial score (nSPS) is 21.4. The van der Waals surface area contributed by atoms with E-state index in [-0.39, 0.29) is 11.9 Å². The fourth-order valence-corrected chi connectivity index (χ4v) is 3.77. The molecular weight excluding hydrogens is 291 g/mol. The second-order valence-corrected chi connectivity index (χ2v) is 7.07. The molecule has 2 aliphatic rings. The Morgan fingerprint density at radius 2 is 1.74 bits per heavy atom. The second-order valence-electron chi connectivity index (χ2n) is 7.07. The zero-order chi connectivity index (χ0) is 16.1. The van der Waals surface area contributed by atoms with E-state index in [0.29, 0.717) is 11.7 Å². The van der Waals surface area contributed by atoms with Crippen LogP contribution in [0.5, 0.6) is 0 Å². The highest BCUT2D eigenvalue weighted by molar-refractivity contribution is 5.49. The van der Waals surface area contributed by atoms with E-state index in [9.17, 15) is 9.50 Å². The van der Waals surface area contributed by atoms with Crippen LogP contribution >= 0.6 is 0 Å². The van der Waals surface area contributed by atoms with Gasteiger partial charge in [-0.2, -0.15) is 0 Å². The number of halogens is 1. The third-order valence-electron chi connectivity index (χ3n) is 5.27. The number of hydrogen-bond acceptors (Lipinski definition) is 3. The predicted octanol–water partition coefficient (Wildman–Crippen LogP) is 3.60. The van der Waals surface area contributed by atoms with Gasteiger partial charge in [-0.25, -0.2) is 4.39 Å². The standard InChI is InChI=1S/C19H29FN2O/c20-18-13-15(14-21-16-5-3-1-2-4-6-16)7-8-19(18)22-11-9-17(23)10-12-22/h7-8,13,16-17,21,23H,1-6,9-12,14H2. The fourth-order valence-electron chi connectivity index (χ4n) is 3.77. The summed E-state index contributed by atoms with van der Waals surface area (Å²) in [7, 11) is 0. The van der Waals surface area contributed by atoms with E-state index >= 15 is 0 Å². The molecule has 1 aromatic carbocycles. The maximum Gasteiger partial charge on any atom is 0.146 e. The van der Waals surface area contributed by atoms with Crippen LogP contribution in [-0.4, -0.2) is 30.3 Å². The van der Waals surface area contributed by atoms with Crippen molar-refractivity contribution < 1.29 is 9.50 Å². The summed E-state index contributed by atoms with van der Waals surface area (Å²) in [4.78, 5) is 2.05. The van der Waals surface area contributed by atoms with Gasteiger partial charge in [-0.3, -0.25) is 0 Å². The Labute approximate surface area is 138 Å². The van der Waals surface area contributed by atoms with Gasteiger partial charge in [0.2, 0.25) is 0 Å². The fraction of sp³-hybridized carbons (Fsp3) is 0.684. The summed E-state index contributed by atoms with van der Waals surface area (Å²) in [5.74, 6) is -0.137. The van der Waals surface area contributed by atoms with Crippen LogP contribution in [0.4, 0.5) is 10.1 Å². The molecule has 1 saturated carbocycles. The molecule has 0 radical (unpaired) electrons. The van der Waals surface area contributed by atoms with E-state index in [1.807, 2.05) is 17.0 Å². The van der Waals surface area contributed by atoms with E-state index in [1.165, 1.54) is 38.5 Å². The van der Waals surface area contributed by atoms with Gasteiger partial charge in [-0.15, -0.1) is 0 Å². The zero-order valence-electron chi connectivity index (χ0n) is 13.9. The van der Waals surface area contributed by atoms with Crippen LogP contribution < -0.4 is 10.2 Å².